The lowest BCUT2D eigenvalue weighted by Gasteiger charge is -2.25. The van der Waals surface area contributed by atoms with Crippen LogP contribution < -0.4 is 11.2 Å². The van der Waals surface area contributed by atoms with Gasteiger partial charge in [0.25, 0.3) is 5.56 Å². The Hall–Kier alpha value is -2.72. The summed E-state index contributed by atoms with van der Waals surface area (Å²) in [6, 6.07) is 6.39. The van der Waals surface area contributed by atoms with E-state index in [0.29, 0.717) is 37.4 Å². The second-order valence-corrected chi connectivity index (χ2v) is 9.12. The van der Waals surface area contributed by atoms with Gasteiger partial charge in [-0.1, -0.05) is 13.3 Å². The number of benzene rings is 1. The van der Waals surface area contributed by atoms with Crippen LogP contribution in [0.3, 0.4) is 0 Å². The molecule has 0 atom stereocenters. The van der Waals surface area contributed by atoms with Crippen LogP contribution in [0.15, 0.2) is 38.8 Å². The standard InChI is InChI=1S/C19H23N5O4S/c1-2-10-24-18(25)15-17(22-19(24)26)21-16(20-15)13-6-8-14(9-7-13)29(27,28)23-11-4-3-5-12-23/h6-9H,2-5,10-12H2,1H3,(H,20,21)(H,22,26). The molecule has 1 fully saturated rings. The van der Waals surface area contributed by atoms with Gasteiger partial charge >= 0.3 is 5.69 Å². The van der Waals surface area contributed by atoms with Crippen molar-refractivity contribution in [1.82, 2.24) is 23.8 Å². The number of piperidine rings is 1. The van der Waals surface area contributed by atoms with E-state index in [-0.39, 0.29) is 16.1 Å². The Morgan fingerprint density at radius 2 is 1.72 bits per heavy atom. The molecular weight excluding hydrogens is 394 g/mol. The third kappa shape index (κ3) is 3.53. The maximum Gasteiger partial charge on any atom is 0.330 e. The Balaban J connectivity index is 1.69. The minimum absolute atomic E-state index is 0.187. The molecule has 3 aromatic rings. The molecule has 0 radical (unpaired) electrons. The van der Waals surface area contributed by atoms with Gasteiger partial charge in [-0.25, -0.2) is 18.2 Å². The first-order valence-corrected chi connectivity index (χ1v) is 11.2. The lowest BCUT2D eigenvalue weighted by molar-refractivity contribution is 0.346. The Morgan fingerprint density at radius 3 is 2.38 bits per heavy atom. The molecule has 1 aromatic carbocycles. The predicted octanol–water partition coefficient (Wildman–Crippen LogP) is 1.66. The van der Waals surface area contributed by atoms with Crippen molar-refractivity contribution in [2.75, 3.05) is 13.1 Å². The monoisotopic (exact) mass is 417 g/mol. The Bertz CT molecular complexity index is 1250. The van der Waals surface area contributed by atoms with Crippen molar-refractivity contribution >= 4 is 21.2 Å². The molecule has 4 rings (SSSR count). The number of nitrogens with one attached hydrogen (secondary N) is 2. The fourth-order valence-electron chi connectivity index (χ4n) is 3.62. The first-order valence-electron chi connectivity index (χ1n) is 9.75. The van der Waals surface area contributed by atoms with Gasteiger partial charge < -0.3 is 4.98 Å². The van der Waals surface area contributed by atoms with E-state index < -0.39 is 21.3 Å². The van der Waals surface area contributed by atoms with Crippen molar-refractivity contribution in [2.45, 2.75) is 44.0 Å². The first-order chi connectivity index (χ1) is 13.9. The van der Waals surface area contributed by atoms with Gasteiger partial charge in [-0.3, -0.25) is 14.3 Å². The molecule has 9 nitrogen and oxygen atoms in total. The highest BCUT2D eigenvalue weighted by molar-refractivity contribution is 7.89. The molecule has 1 aliphatic heterocycles. The van der Waals surface area contributed by atoms with Gasteiger partial charge in [0.05, 0.1) is 4.90 Å². The molecule has 0 spiro atoms. The second kappa shape index (κ2) is 7.60. The largest absolute Gasteiger partial charge is 0.332 e. The average Bonchev–Trinajstić information content (AvgIpc) is 3.16. The smallest absolute Gasteiger partial charge is 0.330 e. The lowest BCUT2D eigenvalue weighted by Crippen LogP contribution is -2.35. The van der Waals surface area contributed by atoms with Crippen LogP contribution in [0.25, 0.3) is 22.6 Å². The summed E-state index contributed by atoms with van der Waals surface area (Å²) in [5.74, 6) is 0.393. The van der Waals surface area contributed by atoms with Crippen molar-refractivity contribution < 1.29 is 8.42 Å². The van der Waals surface area contributed by atoms with E-state index in [0.717, 1.165) is 23.8 Å². The van der Waals surface area contributed by atoms with Crippen LogP contribution in [0, 0.1) is 0 Å². The molecule has 0 aliphatic carbocycles. The fraction of sp³-hybridized carbons (Fsp3) is 0.421. The molecule has 1 aliphatic rings. The van der Waals surface area contributed by atoms with Crippen LogP contribution in [0.4, 0.5) is 0 Å². The number of aromatic nitrogens is 4. The van der Waals surface area contributed by atoms with Gasteiger partial charge in [-0.05, 0) is 43.5 Å². The molecule has 1 saturated heterocycles. The molecular formula is C19H23N5O4S. The quantitative estimate of drug-likeness (QED) is 0.654. The average molecular weight is 417 g/mol. The van der Waals surface area contributed by atoms with Gasteiger partial charge in [0, 0.05) is 25.2 Å². The number of fused-ring (bicyclic) bond motifs is 1. The molecule has 29 heavy (non-hydrogen) atoms. The van der Waals surface area contributed by atoms with Crippen LogP contribution in [0.1, 0.15) is 32.6 Å². The maximum absolute atomic E-state index is 12.8. The van der Waals surface area contributed by atoms with E-state index in [9.17, 15) is 18.0 Å². The van der Waals surface area contributed by atoms with Gasteiger partial charge in [0.1, 0.15) is 11.3 Å². The van der Waals surface area contributed by atoms with Crippen molar-refractivity contribution in [3.8, 4) is 11.4 Å². The van der Waals surface area contributed by atoms with Crippen molar-refractivity contribution in [1.29, 1.82) is 0 Å². The Labute approximate surface area is 167 Å². The predicted molar refractivity (Wildman–Crippen MR) is 109 cm³/mol. The van der Waals surface area contributed by atoms with E-state index in [4.69, 9.17) is 0 Å². The van der Waals surface area contributed by atoms with Crippen LogP contribution in [-0.4, -0.2) is 45.3 Å². The number of imidazole rings is 1. The maximum atomic E-state index is 12.8. The van der Waals surface area contributed by atoms with E-state index in [1.165, 1.54) is 4.31 Å². The minimum Gasteiger partial charge on any atom is -0.332 e. The number of aromatic amines is 2. The zero-order valence-corrected chi connectivity index (χ0v) is 17.0. The lowest BCUT2D eigenvalue weighted by atomic mass is 10.2. The molecule has 0 bridgehead atoms. The summed E-state index contributed by atoms with van der Waals surface area (Å²) in [7, 11) is -3.51. The van der Waals surface area contributed by atoms with Crippen molar-refractivity contribution in [3.63, 3.8) is 0 Å². The zero-order valence-electron chi connectivity index (χ0n) is 16.1. The van der Waals surface area contributed by atoms with Crippen molar-refractivity contribution in [2.24, 2.45) is 0 Å². The second-order valence-electron chi connectivity index (χ2n) is 7.19. The summed E-state index contributed by atoms with van der Waals surface area (Å²) in [4.78, 5) is 34.7. The number of hydrogen-bond acceptors (Lipinski definition) is 5. The number of sulfonamides is 1. The Morgan fingerprint density at radius 1 is 1.03 bits per heavy atom. The van der Waals surface area contributed by atoms with Crippen LogP contribution in [0.2, 0.25) is 0 Å². The van der Waals surface area contributed by atoms with Crippen LogP contribution >= 0.6 is 0 Å². The Kier molecular flexibility index (Phi) is 5.13. The topological polar surface area (TPSA) is 121 Å². The third-order valence-corrected chi connectivity index (χ3v) is 7.07. The molecule has 0 amide bonds. The molecule has 2 aromatic heterocycles. The number of nitrogens with zero attached hydrogens (tertiary/aromatic N) is 3. The molecule has 154 valence electrons. The number of rotatable bonds is 5. The third-order valence-electron chi connectivity index (χ3n) is 5.16. The minimum atomic E-state index is -3.51. The van der Waals surface area contributed by atoms with E-state index in [1.807, 2.05) is 6.92 Å². The van der Waals surface area contributed by atoms with Gasteiger partial charge in [0.15, 0.2) is 5.65 Å². The normalized spacial score (nSPS) is 15.8. The highest BCUT2D eigenvalue weighted by Gasteiger charge is 2.25. The fourth-order valence-corrected chi connectivity index (χ4v) is 5.13. The van der Waals surface area contributed by atoms with E-state index in [2.05, 4.69) is 15.0 Å². The van der Waals surface area contributed by atoms with Crippen LogP contribution in [-0.2, 0) is 16.6 Å². The summed E-state index contributed by atoms with van der Waals surface area (Å²) in [5.41, 5.74) is 0.116. The SMILES string of the molecule is CCCn1c(=O)[nH]c2nc(-c3ccc(S(=O)(=O)N4CCCCC4)cc3)[nH]c2c1=O. The summed E-state index contributed by atoms with van der Waals surface area (Å²) < 4.78 is 28.2. The first kappa shape index (κ1) is 19.6. The summed E-state index contributed by atoms with van der Waals surface area (Å²) in [6.45, 7) is 3.30. The molecule has 0 unspecified atom stereocenters. The van der Waals surface area contributed by atoms with E-state index in [1.54, 1.807) is 24.3 Å². The van der Waals surface area contributed by atoms with Gasteiger partial charge in [0.2, 0.25) is 10.0 Å². The molecule has 10 heteroatoms. The van der Waals surface area contributed by atoms with E-state index >= 15 is 0 Å². The molecule has 0 saturated carbocycles. The summed E-state index contributed by atoms with van der Waals surface area (Å²) in [5, 5.41) is 0. The molecule has 3 heterocycles. The van der Waals surface area contributed by atoms with Gasteiger partial charge in [-0.2, -0.15) is 4.31 Å². The summed E-state index contributed by atoms with van der Waals surface area (Å²) >= 11 is 0. The number of hydrogen-bond donors (Lipinski definition) is 2. The summed E-state index contributed by atoms with van der Waals surface area (Å²) in [6.07, 6.45) is 3.47. The number of H-pyrrole nitrogens is 2. The van der Waals surface area contributed by atoms with Gasteiger partial charge in [-0.15, -0.1) is 0 Å². The molecule has 2 N–H and O–H groups in total. The van der Waals surface area contributed by atoms with Crippen LogP contribution in [0.5, 0.6) is 0 Å². The zero-order chi connectivity index (χ0) is 20.6. The highest BCUT2D eigenvalue weighted by atomic mass is 32.2. The van der Waals surface area contributed by atoms with Crippen molar-refractivity contribution in [3.05, 3.63) is 45.1 Å². The highest BCUT2D eigenvalue weighted by Crippen LogP contribution is 2.24.